The molecular weight excluding hydrogens is 371 g/mol. The van der Waals surface area contributed by atoms with E-state index in [9.17, 15) is 4.79 Å². The van der Waals surface area contributed by atoms with Crippen LogP contribution in [0.3, 0.4) is 0 Å². The molecule has 0 saturated carbocycles. The van der Waals surface area contributed by atoms with Gasteiger partial charge in [-0.25, -0.2) is 0 Å². The molecule has 1 unspecified atom stereocenters. The van der Waals surface area contributed by atoms with Crippen molar-refractivity contribution in [1.29, 1.82) is 0 Å². The molecule has 7 heteroatoms. The average Bonchev–Trinajstić information content (AvgIpc) is 2.64. The molecule has 0 aliphatic carbocycles. The van der Waals surface area contributed by atoms with E-state index >= 15 is 0 Å². The van der Waals surface area contributed by atoms with Crippen LogP contribution in [0, 0.1) is 0 Å². The second-order valence-electron chi connectivity index (χ2n) is 6.85. The lowest BCUT2D eigenvalue weighted by Gasteiger charge is -2.35. The number of carbonyl (C=O) groups excluding carboxylic acids is 1. The van der Waals surface area contributed by atoms with E-state index in [-0.39, 0.29) is 36.8 Å². The number of hydrogen-bond donors (Lipinski definition) is 2. The molecular formula is C19H32Cl2N4O. The highest BCUT2D eigenvalue weighted by atomic mass is 35.5. The first-order valence-corrected chi connectivity index (χ1v) is 9.32. The van der Waals surface area contributed by atoms with E-state index in [2.05, 4.69) is 44.7 Å². The van der Waals surface area contributed by atoms with E-state index in [1.165, 1.54) is 12.0 Å². The zero-order chi connectivity index (χ0) is 16.6. The lowest BCUT2D eigenvalue weighted by Crippen LogP contribution is -2.51. The first-order chi connectivity index (χ1) is 11.8. The molecule has 2 heterocycles. The molecule has 2 N–H and O–H groups in total. The first kappa shape index (κ1) is 23.2. The SMILES string of the molecule is Cl.Cl.O=C(NCCN1CCNCC1)C1CCCCN1Cc1ccccc1. The Bertz CT molecular complexity index is 512. The monoisotopic (exact) mass is 402 g/mol. The average molecular weight is 403 g/mol. The standard InChI is InChI=1S/C19H30N4O.2ClH/c24-19(21-11-15-22-13-9-20-10-14-22)18-8-4-5-12-23(18)16-17-6-2-1-3-7-17;;/h1-3,6-7,18,20H,4-5,8-16H2,(H,21,24);2*1H. The van der Waals surface area contributed by atoms with Gasteiger partial charge in [-0.3, -0.25) is 14.6 Å². The second-order valence-corrected chi connectivity index (χ2v) is 6.85. The van der Waals surface area contributed by atoms with Gasteiger partial charge in [0.05, 0.1) is 6.04 Å². The van der Waals surface area contributed by atoms with Gasteiger partial charge in [0, 0.05) is 45.8 Å². The molecule has 2 aliphatic heterocycles. The molecule has 26 heavy (non-hydrogen) atoms. The fourth-order valence-corrected chi connectivity index (χ4v) is 3.68. The predicted molar refractivity (Wildman–Crippen MR) is 111 cm³/mol. The minimum Gasteiger partial charge on any atom is -0.353 e. The van der Waals surface area contributed by atoms with Crippen molar-refractivity contribution in [3.8, 4) is 0 Å². The Morgan fingerprint density at radius 2 is 1.81 bits per heavy atom. The highest BCUT2D eigenvalue weighted by Crippen LogP contribution is 2.19. The maximum Gasteiger partial charge on any atom is 0.237 e. The summed E-state index contributed by atoms with van der Waals surface area (Å²) in [5.74, 6) is 0.209. The van der Waals surface area contributed by atoms with Crippen LogP contribution >= 0.6 is 24.8 Å². The van der Waals surface area contributed by atoms with E-state index in [0.717, 1.165) is 65.2 Å². The number of amides is 1. The zero-order valence-electron chi connectivity index (χ0n) is 15.4. The van der Waals surface area contributed by atoms with Crippen LogP contribution < -0.4 is 10.6 Å². The topological polar surface area (TPSA) is 47.6 Å². The predicted octanol–water partition coefficient (Wildman–Crippen LogP) is 1.91. The Balaban J connectivity index is 0.00000169. The van der Waals surface area contributed by atoms with Gasteiger partial charge < -0.3 is 10.6 Å². The maximum atomic E-state index is 12.7. The number of hydrogen-bond acceptors (Lipinski definition) is 4. The van der Waals surface area contributed by atoms with Crippen molar-refractivity contribution >= 4 is 30.7 Å². The molecule has 3 rings (SSSR count). The van der Waals surface area contributed by atoms with Crippen molar-refractivity contribution in [2.45, 2.75) is 31.8 Å². The summed E-state index contributed by atoms with van der Waals surface area (Å²) in [5, 5.41) is 6.53. The Morgan fingerprint density at radius 1 is 1.08 bits per heavy atom. The van der Waals surface area contributed by atoms with Gasteiger partial charge in [-0.2, -0.15) is 0 Å². The van der Waals surface area contributed by atoms with Crippen LogP contribution in [-0.4, -0.2) is 67.6 Å². The third kappa shape index (κ3) is 7.05. The highest BCUT2D eigenvalue weighted by molar-refractivity contribution is 5.85. The minimum atomic E-state index is 0. The Morgan fingerprint density at radius 3 is 2.54 bits per heavy atom. The van der Waals surface area contributed by atoms with Gasteiger partial charge in [-0.1, -0.05) is 36.8 Å². The number of nitrogens with zero attached hydrogens (tertiary/aromatic N) is 2. The Labute approximate surface area is 169 Å². The molecule has 2 fully saturated rings. The number of benzene rings is 1. The molecule has 0 spiro atoms. The number of likely N-dealkylation sites (tertiary alicyclic amines) is 1. The van der Waals surface area contributed by atoms with E-state index in [0.29, 0.717) is 0 Å². The van der Waals surface area contributed by atoms with Crippen LogP contribution in [-0.2, 0) is 11.3 Å². The molecule has 0 bridgehead atoms. The van der Waals surface area contributed by atoms with Gasteiger partial charge in [-0.05, 0) is 24.9 Å². The van der Waals surface area contributed by atoms with Crippen molar-refractivity contribution < 1.29 is 4.79 Å². The van der Waals surface area contributed by atoms with Crippen molar-refractivity contribution in [2.75, 3.05) is 45.8 Å². The lowest BCUT2D eigenvalue weighted by atomic mass is 10.0. The summed E-state index contributed by atoms with van der Waals surface area (Å²) in [6, 6.07) is 10.5. The third-order valence-corrected chi connectivity index (χ3v) is 5.08. The van der Waals surface area contributed by atoms with Crippen LogP contribution in [0.25, 0.3) is 0 Å². The molecule has 2 aliphatic rings. The van der Waals surface area contributed by atoms with Crippen molar-refractivity contribution in [2.24, 2.45) is 0 Å². The fraction of sp³-hybridized carbons (Fsp3) is 0.632. The van der Waals surface area contributed by atoms with Crippen LogP contribution in [0.2, 0.25) is 0 Å². The Kier molecular flexibility index (Phi) is 11.2. The number of halogens is 2. The smallest absolute Gasteiger partial charge is 0.237 e. The van der Waals surface area contributed by atoms with Gasteiger partial charge in [0.2, 0.25) is 5.91 Å². The fourth-order valence-electron chi connectivity index (χ4n) is 3.68. The van der Waals surface area contributed by atoms with Gasteiger partial charge in [-0.15, -0.1) is 24.8 Å². The van der Waals surface area contributed by atoms with Gasteiger partial charge in [0.25, 0.3) is 0 Å². The van der Waals surface area contributed by atoms with Crippen molar-refractivity contribution in [3.05, 3.63) is 35.9 Å². The highest BCUT2D eigenvalue weighted by Gasteiger charge is 2.28. The van der Waals surface area contributed by atoms with Crippen LogP contribution in [0.4, 0.5) is 0 Å². The number of carbonyl (C=O) groups is 1. The molecule has 1 aromatic rings. The number of piperazine rings is 1. The molecule has 5 nitrogen and oxygen atoms in total. The van der Waals surface area contributed by atoms with Crippen molar-refractivity contribution in [3.63, 3.8) is 0 Å². The normalized spacial score (nSPS) is 21.3. The number of piperidine rings is 1. The van der Waals surface area contributed by atoms with E-state index < -0.39 is 0 Å². The van der Waals surface area contributed by atoms with Gasteiger partial charge >= 0.3 is 0 Å². The lowest BCUT2D eigenvalue weighted by molar-refractivity contribution is -0.128. The molecule has 1 atom stereocenters. The summed E-state index contributed by atoms with van der Waals surface area (Å²) in [6.07, 6.45) is 3.32. The minimum absolute atomic E-state index is 0. The van der Waals surface area contributed by atoms with Crippen LogP contribution in [0.5, 0.6) is 0 Å². The summed E-state index contributed by atoms with van der Waals surface area (Å²) in [4.78, 5) is 17.4. The van der Waals surface area contributed by atoms with Gasteiger partial charge in [0.15, 0.2) is 0 Å². The largest absolute Gasteiger partial charge is 0.353 e. The van der Waals surface area contributed by atoms with Crippen molar-refractivity contribution in [1.82, 2.24) is 20.4 Å². The summed E-state index contributed by atoms with van der Waals surface area (Å²) in [6.45, 7) is 7.89. The zero-order valence-corrected chi connectivity index (χ0v) is 17.0. The van der Waals surface area contributed by atoms with E-state index in [4.69, 9.17) is 0 Å². The van der Waals surface area contributed by atoms with E-state index in [1.807, 2.05) is 6.07 Å². The quantitative estimate of drug-likeness (QED) is 0.762. The number of rotatable bonds is 6. The summed E-state index contributed by atoms with van der Waals surface area (Å²) in [5.41, 5.74) is 1.29. The molecule has 2 saturated heterocycles. The summed E-state index contributed by atoms with van der Waals surface area (Å²) in [7, 11) is 0. The van der Waals surface area contributed by atoms with E-state index in [1.54, 1.807) is 0 Å². The second kappa shape index (κ2) is 12.5. The molecule has 1 aromatic carbocycles. The van der Waals surface area contributed by atoms with Gasteiger partial charge in [0.1, 0.15) is 0 Å². The molecule has 1 amide bonds. The third-order valence-electron chi connectivity index (χ3n) is 5.08. The molecule has 148 valence electrons. The summed E-state index contributed by atoms with van der Waals surface area (Å²) < 4.78 is 0. The molecule has 0 radical (unpaired) electrons. The number of nitrogens with one attached hydrogen (secondary N) is 2. The maximum absolute atomic E-state index is 12.7. The van der Waals surface area contributed by atoms with Crippen LogP contribution in [0.15, 0.2) is 30.3 Å². The first-order valence-electron chi connectivity index (χ1n) is 9.32. The van der Waals surface area contributed by atoms with Crippen LogP contribution in [0.1, 0.15) is 24.8 Å². The molecule has 0 aromatic heterocycles. The summed E-state index contributed by atoms with van der Waals surface area (Å²) >= 11 is 0. The Hall–Kier alpha value is -0.850.